The largest absolute Gasteiger partial charge is 0.391 e. The summed E-state index contributed by atoms with van der Waals surface area (Å²) < 4.78 is 0. The summed E-state index contributed by atoms with van der Waals surface area (Å²) in [5.74, 6) is -0.131. The Hall–Kier alpha value is -1.55. The molecule has 0 aliphatic carbocycles. The van der Waals surface area contributed by atoms with Crippen LogP contribution in [0.4, 0.5) is 5.69 Å². The SMILES string of the molecule is CCC(O)CNC(=O)c1ccc2c(c1)NCC2. The maximum absolute atomic E-state index is 11.8. The summed E-state index contributed by atoms with van der Waals surface area (Å²) in [6.45, 7) is 3.13. The molecule has 2 rings (SSSR count). The standard InChI is InChI=1S/C13H18N2O2/c1-2-11(16)8-15-13(17)10-4-3-9-5-6-14-12(9)7-10/h3-4,7,11,14,16H,2,5-6,8H2,1H3,(H,15,17). The summed E-state index contributed by atoms with van der Waals surface area (Å²) in [4.78, 5) is 11.8. The minimum absolute atomic E-state index is 0.131. The number of carbonyl (C=O) groups excluding carboxylic acids is 1. The third kappa shape index (κ3) is 2.77. The van der Waals surface area contributed by atoms with E-state index >= 15 is 0 Å². The maximum atomic E-state index is 11.8. The molecule has 0 radical (unpaired) electrons. The quantitative estimate of drug-likeness (QED) is 0.732. The van der Waals surface area contributed by atoms with E-state index in [9.17, 15) is 9.90 Å². The molecule has 0 saturated carbocycles. The number of hydrogen-bond donors (Lipinski definition) is 3. The molecule has 0 bridgehead atoms. The Kier molecular flexibility index (Phi) is 3.64. The van der Waals surface area contributed by atoms with Crippen LogP contribution >= 0.6 is 0 Å². The molecular formula is C13H18N2O2. The summed E-state index contributed by atoms with van der Waals surface area (Å²) in [7, 11) is 0. The van der Waals surface area contributed by atoms with Gasteiger partial charge in [-0.05, 0) is 30.5 Å². The third-order valence-corrected chi connectivity index (χ3v) is 3.05. The lowest BCUT2D eigenvalue weighted by Gasteiger charge is -2.10. The van der Waals surface area contributed by atoms with Gasteiger partial charge in [0.1, 0.15) is 0 Å². The zero-order chi connectivity index (χ0) is 12.3. The van der Waals surface area contributed by atoms with Gasteiger partial charge in [-0.1, -0.05) is 13.0 Å². The molecule has 1 aromatic carbocycles. The van der Waals surface area contributed by atoms with E-state index in [0.717, 1.165) is 18.7 Å². The molecule has 1 aliphatic heterocycles. The lowest BCUT2D eigenvalue weighted by molar-refractivity contribution is 0.0914. The number of benzene rings is 1. The fourth-order valence-corrected chi connectivity index (χ4v) is 1.89. The van der Waals surface area contributed by atoms with Crippen molar-refractivity contribution >= 4 is 11.6 Å². The van der Waals surface area contributed by atoms with E-state index in [2.05, 4.69) is 10.6 Å². The van der Waals surface area contributed by atoms with Crippen LogP contribution in [-0.4, -0.2) is 30.2 Å². The van der Waals surface area contributed by atoms with Crippen molar-refractivity contribution < 1.29 is 9.90 Å². The smallest absolute Gasteiger partial charge is 0.251 e. The van der Waals surface area contributed by atoms with Crippen LogP contribution in [0.5, 0.6) is 0 Å². The second-order valence-electron chi connectivity index (χ2n) is 4.32. The zero-order valence-corrected chi connectivity index (χ0v) is 9.99. The molecule has 0 fully saturated rings. The van der Waals surface area contributed by atoms with Gasteiger partial charge in [-0.2, -0.15) is 0 Å². The van der Waals surface area contributed by atoms with Crippen molar-refractivity contribution in [2.45, 2.75) is 25.9 Å². The van der Waals surface area contributed by atoms with Gasteiger partial charge in [0.2, 0.25) is 0 Å². The first kappa shape index (κ1) is 11.9. The minimum Gasteiger partial charge on any atom is -0.391 e. The Labute approximate surface area is 101 Å². The number of anilines is 1. The van der Waals surface area contributed by atoms with Crippen LogP contribution in [0.2, 0.25) is 0 Å². The van der Waals surface area contributed by atoms with Gasteiger partial charge in [0.15, 0.2) is 0 Å². The van der Waals surface area contributed by atoms with Gasteiger partial charge >= 0.3 is 0 Å². The van der Waals surface area contributed by atoms with Gasteiger partial charge in [0, 0.05) is 24.3 Å². The molecular weight excluding hydrogens is 216 g/mol. The van der Waals surface area contributed by atoms with E-state index < -0.39 is 6.10 Å². The summed E-state index contributed by atoms with van der Waals surface area (Å²) in [5.41, 5.74) is 2.95. The molecule has 3 N–H and O–H groups in total. The van der Waals surface area contributed by atoms with Gasteiger partial charge in [-0.25, -0.2) is 0 Å². The van der Waals surface area contributed by atoms with Crippen molar-refractivity contribution in [3.8, 4) is 0 Å². The average molecular weight is 234 g/mol. The van der Waals surface area contributed by atoms with Crippen LogP contribution in [0.1, 0.15) is 29.3 Å². The van der Waals surface area contributed by atoms with Crippen LogP contribution in [0.25, 0.3) is 0 Å². The Morgan fingerprint density at radius 2 is 2.41 bits per heavy atom. The van der Waals surface area contributed by atoms with Crippen LogP contribution in [0, 0.1) is 0 Å². The number of rotatable bonds is 4. The van der Waals surface area contributed by atoms with Crippen molar-refractivity contribution in [2.75, 3.05) is 18.4 Å². The summed E-state index contributed by atoms with van der Waals surface area (Å²) >= 11 is 0. The number of aliphatic hydroxyl groups is 1. The van der Waals surface area contributed by atoms with Gasteiger partial charge in [-0.15, -0.1) is 0 Å². The average Bonchev–Trinajstić information content (AvgIpc) is 2.82. The number of amides is 1. The van der Waals surface area contributed by atoms with Gasteiger partial charge in [-0.3, -0.25) is 4.79 Å². The van der Waals surface area contributed by atoms with Crippen molar-refractivity contribution in [3.63, 3.8) is 0 Å². The van der Waals surface area contributed by atoms with E-state index in [-0.39, 0.29) is 5.91 Å². The lowest BCUT2D eigenvalue weighted by atomic mass is 10.1. The lowest BCUT2D eigenvalue weighted by Crippen LogP contribution is -2.31. The van der Waals surface area contributed by atoms with Crippen molar-refractivity contribution in [1.29, 1.82) is 0 Å². The molecule has 4 nitrogen and oxygen atoms in total. The van der Waals surface area contributed by atoms with Crippen LogP contribution in [0.15, 0.2) is 18.2 Å². The van der Waals surface area contributed by atoms with Crippen molar-refractivity contribution in [2.24, 2.45) is 0 Å². The zero-order valence-electron chi connectivity index (χ0n) is 9.99. The predicted molar refractivity (Wildman–Crippen MR) is 67.3 cm³/mol. The van der Waals surface area contributed by atoms with E-state index in [1.807, 2.05) is 25.1 Å². The third-order valence-electron chi connectivity index (χ3n) is 3.05. The topological polar surface area (TPSA) is 61.4 Å². The number of nitrogens with one attached hydrogen (secondary N) is 2. The molecule has 1 aliphatic rings. The molecule has 92 valence electrons. The Morgan fingerprint density at radius 1 is 1.59 bits per heavy atom. The molecule has 0 saturated heterocycles. The van der Waals surface area contributed by atoms with E-state index in [1.165, 1.54) is 5.56 Å². The first-order valence-electron chi connectivity index (χ1n) is 6.03. The fraction of sp³-hybridized carbons (Fsp3) is 0.462. The highest BCUT2D eigenvalue weighted by Crippen LogP contribution is 2.23. The molecule has 1 atom stereocenters. The van der Waals surface area contributed by atoms with Crippen molar-refractivity contribution in [1.82, 2.24) is 5.32 Å². The van der Waals surface area contributed by atoms with Crippen LogP contribution in [0.3, 0.4) is 0 Å². The molecule has 17 heavy (non-hydrogen) atoms. The van der Waals surface area contributed by atoms with Crippen molar-refractivity contribution in [3.05, 3.63) is 29.3 Å². The fourth-order valence-electron chi connectivity index (χ4n) is 1.89. The molecule has 4 heteroatoms. The van der Waals surface area contributed by atoms with E-state index in [4.69, 9.17) is 0 Å². The molecule has 1 unspecified atom stereocenters. The Balaban J connectivity index is 2.00. The van der Waals surface area contributed by atoms with Gasteiger partial charge in [0.05, 0.1) is 6.10 Å². The number of aliphatic hydroxyl groups excluding tert-OH is 1. The first-order chi connectivity index (χ1) is 8.20. The second kappa shape index (κ2) is 5.19. The molecule has 1 amide bonds. The van der Waals surface area contributed by atoms with E-state index in [1.54, 1.807) is 0 Å². The molecule has 1 heterocycles. The normalized spacial score (nSPS) is 14.9. The van der Waals surface area contributed by atoms with Gasteiger partial charge in [0.25, 0.3) is 5.91 Å². The van der Waals surface area contributed by atoms with Crippen LogP contribution in [-0.2, 0) is 6.42 Å². The van der Waals surface area contributed by atoms with E-state index in [0.29, 0.717) is 18.5 Å². The van der Waals surface area contributed by atoms with Gasteiger partial charge < -0.3 is 15.7 Å². The monoisotopic (exact) mass is 234 g/mol. The highest BCUT2D eigenvalue weighted by molar-refractivity contribution is 5.95. The predicted octanol–water partition coefficient (Wildman–Crippen LogP) is 1.16. The Bertz CT molecular complexity index is 418. The number of fused-ring (bicyclic) bond motifs is 1. The molecule has 0 aromatic heterocycles. The Morgan fingerprint density at radius 3 is 3.18 bits per heavy atom. The molecule has 1 aromatic rings. The first-order valence-corrected chi connectivity index (χ1v) is 6.03. The second-order valence-corrected chi connectivity index (χ2v) is 4.32. The summed E-state index contributed by atoms with van der Waals surface area (Å²) in [6, 6.07) is 5.69. The highest BCUT2D eigenvalue weighted by Gasteiger charge is 2.13. The summed E-state index contributed by atoms with van der Waals surface area (Å²) in [5, 5.41) is 15.3. The number of hydrogen-bond acceptors (Lipinski definition) is 3. The minimum atomic E-state index is -0.466. The summed E-state index contributed by atoms with van der Waals surface area (Å²) in [6.07, 6.45) is 1.20. The molecule has 0 spiro atoms. The van der Waals surface area contributed by atoms with Crippen LogP contribution < -0.4 is 10.6 Å². The maximum Gasteiger partial charge on any atom is 0.251 e. The number of carbonyl (C=O) groups is 1. The highest BCUT2D eigenvalue weighted by atomic mass is 16.3.